The predicted molar refractivity (Wildman–Crippen MR) is 129 cm³/mol. The van der Waals surface area contributed by atoms with Crippen LogP contribution in [-0.4, -0.2) is 39.3 Å². The van der Waals surface area contributed by atoms with Crippen LogP contribution in [-0.2, 0) is 18.9 Å². The molecule has 0 aromatic heterocycles. The molecular weight excluding hydrogens is 418 g/mol. The third kappa shape index (κ3) is 3.64. The number of carbonyl (C=O) groups is 2. The number of hydrogen-bond acceptors (Lipinski definition) is 5. The van der Waals surface area contributed by atoms with Crippen molar-refractivity contribution in [2.45, 2.75) is 97.2 Å². The summed E-state index contributed by atoms with van der Waals surface area (Å²) in [5, 5.41) is 4.67. The van der Waals surface area contributed by atoms with Crippen LogP contribution in [0.3, 0.4) is 0 Å². The molecule has 4 fully saturated rings. The highest BCUT2D eigenvalue weighted by molar-refractivity contribution is 6.74. The highest BCUT2D eigenvalue weighted by Crippen LogP contribution is 2.65. The molecular formula is C26H43NO4Si. The third-order valence-corrected chi connectivity index (χ3v) is 14.9. The number of fused-ring (bicyclic) bond motifs is 5. The molecule has 4 aliphatic carbocycles. The summed E-state index contributed by atoms with van der Waals surface area (Å²) in [4.78, 5) is 30.8. The second-order valence-electron chi connectivity index (χ2n) is 12.8. The normalized spacial score (nSPS) is 41.3. The van der Waals surface area contributed by atoms with Gasteiger partial charge in [-0.25, -0.2) is 0 Å². The summed E-state index contributed by atoms with van der Waals surface area (Å²) >= 11 is 0. The summed E-state index contributed by atoms with van der Waals surface area (Å²) < 4.78 is 6.93. The third-order valence-electron chi connectivity index (χ3n) is 10.4. The van der Waals surface area contributed by atoms with Crippen molar-refractivity contribution < 1.29 is 18.9 Å². The molecule has 4 rings (SSSR count). The van der Waals surface area contributed by atoms with Crippen molar-refractivity contribution in [1.29, 1.82) is 0 Å². The minimum atomic E-state index is -1.95. The lowest BCUT2D eigenvalue weighted by atomic mass is 9.44. The highest BCUT2D eigenvalue weighted by atomic mass is 28.4. The Morgan fingerprint density at radius 1 is 1.06 bits per heavy atom. The molecule has 6 heteroatoms. The van der Waals surface area contributed by atoms with Gasteiger partial charge in [-0.2, -0.15) is 0 Å². The quantitative estimate of drug-likeness (QED) is 0.393. The Labute approximate surface area is 195 Å². The van der Waals surface area contributed by atoms with Crippen LogP contribution in [0.1, 0.15) is 79.1 Å². The van der Waals surface area contributed by atoms with E-state index in [0.717, 1.165) is 44.2 Å². The zero-order valence-corrected chi connectivity index (χ0v) is 22.3. The summed E-state index contributed by atoms with van der Waals surface area (Å²) in [6.07, 6.45) is 6.72. The molecule has 4 aliphatic rings. The van der Waals surface area contributed by atoms with Gasteiger partial charge in [0.05, 0.1) is 5.71 Å². The van der Waals surface area contributed by atoms with Crippen LogP contribution >= 0.6 is 0 Å². The van der Waals surface area contributed by atoms with Crippen molar-refractivity contribution in [1.82, 2.24) is 0 Å². The molecule has 0 spiro atoms. The van der Waals surface area contributed by atoms with Gasteiger partial charge < -0.3 is 9.26 Å². The van der Waals surface area contributed by atoms with Crippen LogP contribution in [0.5, 0.6) is 0 Å². The van der Waals surface area contributed by atoms with Crippen molar-refractivity contribution in [3.63, 3.8) is 0 Å². The molecule has 0 bridgehead atoms. The Balaban J connectivity index is 1.75. The molecule has 0 aliphatic heterocycles. The molecule has 6 atom stereocenters. The smallest absolute Gasteiger partial charge is 0.192 e. The van der Waals surface area contributed by atoms with Crippen molar-refractivity contribution in [2.24, 2.45) is 39.7 Å². The minimum Gasteiger partial charge on any atom is -0.416 e. The molecule has 6 unspecified atom stereocenters. The topological polar surface area (TPSA) is 65.0 Å². The van der Waals surface area contributed by atoms with E-state index >= 15 is 0 Å². The van der Waals surface area contributed by atoms with Crippen LogP contribution < -0.4 is 0 Å². The molecule has 32 heavy (non-hydrogen) atoms. The van der Waals surface area contributed by atoms with Crippen molar-refractivity contribution >= 4 is 25.6 Å². The van der Waals surface area contributed by atoms with E-state index < -0.39 is 8.32 Å². The fourth-order valence-corrected chi connectivity index (χ4v) is 8.51. The van der Waals surface area contributed by atoms with Gasteiger partial charge in [-0.3, -0.25) is 9.59 Å². The van der Waals surface area contributed by atoms with E-state index in [-0.39, 0.29) is 21.8 Å². The van der Waals surface area contributed by atoms with Crippen molar-refractivity contribution in [3.05, 3.63) is 0 Å². The van der Waals surface area contributed by atoms with Gasteiger partial charge in [0.25, 0.3) is 0 Å². The molecule has 0 aromatic rings. The average molecular weight is 462 g/mol. The van der Waals surface area contributed by atoms with Crippen LogP contribution in [0.25, 0.3) is 0 Å². The van der Waals surface area contributed by atoms with E-state index in [2.05, 4.69) is 45.9 Å². The highest BCUT2D eigenvalue weighted by Gasteiger charge is 2.63. The van der Waals surface area contributed by atoms with Crippen LogP contribution in [0, 0.1) is 34.5 Å². The van der Waals surface area contributed by atoms with E-state index in [1.807, 2.05) is 0 Å². The Kier molecular flexibility index (Phi) is 6.06. The van der Waals surface area contributed by atoms with E-state index in [4.69, 9.17) is 9.26 Å². The largest absolute Gasteiger partial charge is 0.416 e. The number of hydrogen-bond donors (Lipinski definition) is 0. The summed E-state index contributed by atoms with van der Waals surface area (Å²) in [5.74, 6) is 2.25. The summed E-state index contributed by atoms with van der Waals surface area (Å²) in [6.45, 7) is 14.4. The standard InChI is InChI=1S/C26H43NO4Si/c1-24(2,3)32(6,7)31-16-26-13-10-17(28)14-21(26)22(27-30-5)15-18-19-8-9-23(29)25(19,4)12-11-20(18)26/h18-21H,8-16H2,1-7H3. The first-order chi connectivity index (χ1) is 14.9. The average Bonchev–Trinajstić information content (AvgIpc) is 3.01. The molecule has 180 valence electrons. The summed E-state index contributed by atoms with van der Waals surface area (Å²) in [5.41, 5.74) is 0.790. The zero-order valence-electron chi connectivity index (χ0n) is 21.3. The molecule has 0 heterocycles. The maximum Gasteiger partial charge on any atom is 0.192 e. The Hall–Kier alpha value is -1.01. The molecule has 5 nitrogen and oxygen atoms in total. The minimum absolute atomic E-state index is 0.0727. The summed E-state index contributed by atoms with van der Waals surface area (Å²) in [7, 11) is -0.334. The van der Waals surface area contributed by atoms with Gasteiger partial charge in [0, 0.05) is 42.6 Å². The van der Waals surface area contributed by atoms with E-state index in [9.17, 15) is 9.59 Å². The number of nitrogens with zero attached hydrogens (tertiary/aromatic N) is 1. The zero-order chi connectivity index (χ0) is 23.5. The fourth-order valence-electron chi connectivity index (χ4n) is 7.44. The fraction of sp³-hybridized carbons (Fsp3) is 0.885. The molecule has 0 aromatic carbocycles. The van der Waals surface area contributed by atoms with Gasteiger partial charge in [0.15, 0.2) is 8.32 Å². The first-order valence-electron chi connectivity index (χ1n) is 12.6. The molecule has 0 amide bonds. The summed E-state index contributed by atoms with van der Waals surface area (Å²) in [6, 6.07) is 0. The first-order valence-corrected chi connectivity index (χ1v) is 15.6. The van der Waals surface area contributed by atoms with Gasteiger partial charge in [-0.1, -0.05) is 32.9 Å². The second-order valence-corrected chi connectivity index (χ2v) is 17.7. The molecule has 0 radical (unpaired) electrons. The molecule has 4 saturated carbocycles. The van der Waals surface area contributed by atoms with Gasteiger partial charge in [-0.15, -0.1) is 0 Å². The van der Waals surface area contributed by atoms with E-state index in [1.54, 1.807) is 7.11 Å². The number of ketones is 2. The Morgan fingerprint density at radius 2 is 1.78 bits per heavy atom. The van der Waals surface area contributed by atoms with Gasteiger partial charge in [-0.05, 0) is 68.0 Å². The van der Waals surface area contributed by atoms with Gasteiger partial charge >= 0.3 is 0 Å². The SMILES string of the molecule is CON=C1CC2C3CCC(=O)C3(C)CCC2C2(CO[Si](C)(C)C(C)(C)C)CCC(=O)CC12. The molecule has 0 N–H and O–H groups in total. The van der Waals surface area contributed by atoms with Gasteiger partial charge in [0.2, 0.25) is 0 Å². The van der Waals surface area contributed by atoms with Crippen LogP contribution in [0.15, 0.2) is 5.16 Å². The monoisotopic (exact) mass is 461 g/mol. The Bertz CT molecular complexity index is 815. The lowest BCUT2D eigenvalue weighted by Gasteiger charge is -2.60. The maximum atomic E-state index is 12.9. The van der Waals surface area contributed by atoms with Crippen LogP contribution in [0.4, 0.5) is 0 Å². The van der Waals surface area contributed by atoms with Gasteiger partial charge in [0.1, 0.15) is 18.7 Å². The predicted octanol–water partition coefficient (Wildman–Crippen LogP) is 5.78. The number of rotatable bonds is 4. The van der Waals surface area contributed by atoms with Crippen LogP contribution in [0.2, 0.25) is 18.1 Å². The molecule has 0 saturated heterocycles. The maximum absolute atomic E-state index is 12.9. The van der Waals surface area contributed by atoms with E-state index in [1.165, 1.54) is 0 Å². The second kappa shape index (κ2) is 8.04. The first kappa shape index (κ1) is 24.1. The lowest BCUT2D eigenvalue weighted by Crippen LogP contribution is -2.60. The number of oxime groups is 1. The Morgan fingerprint density at radius 3 is 2.44 bits per heavy atom. The van der Waals surface area contributed by atoms with Crippen molar-refractivity contribution in [3.8, 4) is 0 Å². The van der Waals surface area contributed by atoms with Crippen molar-refractivity contribution in [2.75, 3.05) is 13.7 Å². The number of carbonyl (C=O) groups excluding carboxylic acids is 2. The number of Topliss-reactive ketones (excluding diaryl/α,β-unsaturated/α-hetero) is 2. The lowest BCUT2D eigenvalue weighted by molar-refractivity contribution is -0.141. The van der Waals surface area contributed by atoms with E-state index in [0.29, 0.717) is 48.8 Å².